The molecule has 118 valence electrons. The lowest BCUT2D eigenvalue weighted by atomic mass is 9.49. The van der Waals surface area contributed by atoms with Gasteiger partial charge in [-0.15, -0.1) is 0 Å². The Kier molecular flexibility index (Phi) is 3.08. The molecule has 0 aromatic rings. The van der Waals surface area contributed by atoms with Gasteiger partial charge in [-0.1, -0.05) is 13.8 Å². The van der Waals surface area contributed by atoms with E-state index in [0.29, 0.717) is 6.42 Å². The Morgan fingerprint density at radius 3 is 2.52 bits per heavy atom. The summed E-state index contributed by atoms with van der Waals surface area (Å²) in [6.07, 6.45) is 5.79. The van der Waals surface area contributed by atoms with Crippen LogP contribution in [0, 0.1) is 16.7 Å². The first-order valence-electron chi connectivity index (χ1n) is 7.98. The summed E-state index contributed by atoms with van der Waals surface area (Å²) in [5.74, 6) is -0.0176. The molecule has 0 amide bonds. The van der Waals surface area contributed by atoms with Crippen LogP contribution in [0.25, 0.3) is 0 Å². The monoisotopic (exact) mass is 294 g/mol. The van der Waals surface area contributed by atoms with Crippen molar-refractivity contribution in [1.29, 1.82) is 0 Å². The summed E-state index contributed by atoms with van der Waals surface area (Å²) in [5.41, 5.74) is -0.950. The summed E-state index contributed by atoms with van der Waals surface area (Å²) in [6.45, 7) is 6.59. The van der Waals surface area contributed by atoms with Gasteiger partial charge in [-0.05, 0) is 44.4 Å². The molecule has 0 unspecified atom stereocenters. The van der Waals surface area contributed by atoms with Crippen molar-refractivity contribution >= 4 is 12.3 Å². The van der Waals surface area contributed by atoms with E-state index in [2.05, 4.69) is 20.8 Å². The number of carbonyl (C=O) groups excluding carboxylic acids is 2. The summed E-state index contributed by atoms with van der Waals surface area (Å²) in [4.78, 5) is 23.8. The van der Waals surface area contributed by atoms with Crippen molar-refractivity contribution in [2.24, 2.45) is 16.7 Å². The summed E-state index contributed by atoms with van der Waals surface area (Å²) >= 11 is 0. The van der Waals surface area contributed by atoms with E-state index in [0.717, 1.165) is 38.4 Å². The predicted molar refractivity (Wildman–Crippen MR) is 77.7 cm³/mol. The van der Waals surface area contributed by atoms with Crippen LogP contribution in [0.2, 0.25) is 0 Å². The average Bonchev–Trinajstić information content (AvgIpc) is 3.04. The number of methoxy groups -OCH3 is 1. The minimum atomic E-state index is -0.455. The van der Waals surface area contributed by atoms with Crippen molar-refractivity contribution in [2.75, 3.05) is 7.11 Å². The molecule has 1 aliphatic heterocycles. The molecular formula is C17H26O4. The van der Waals surface area contributed by atoms with Gasteiger partial charge in [-0.3, -0.25) is 4.79 Å². The zero-order chi connectivity index (χ0) is 15.5. The number of carbonyl (C=O) groups is 2. The van der Waals surface area contributed by atoms with Gasteiger partial charge in [-0.2, -0.15) is 0 Å². The second-order valence-corrected chi connectivity index (χ2v) is 8.16. The van der Waals surface area contributed by atoms with Crippen LogP contribution in [-0.2, 0) is 19.1 Å². The zero-order valence-electron chi connectivity index (χ0n) is 13.5. The summed E-state index contributed by atoms with van der Waals surface area (Å²) in [6, 6.07) is 0. The van der Waals surface area contributed by atoms with Crippen LogP contribution in [0.1, 0.15) is 59.3 Å². The van der Waals surface area contributed by atoms with Crippen LogP contribution >= 0.6 is 0 Å². The molecule has 0 spiro atoms. The Bertz CT molecular complexity index is 485. The van der Waals surface area contributed by atoms with Crippen molar-refractivity contribution < 1.29 is 19.1 Å². The quantitative estimate of drug-likeness (QED) is 0.456. The summed E-state index contributed by atoms with van der Waals surface area (Å²) in [7, 11) is 1.47. The van der Waals surface area contributed by atoms with E-state index < -0.39 is 11.0 Å². The first kappa shape index (κ1) is 15.0. The molecular weight excluding hydrogens is 268 g/mol. The Balaban J connectivity index is 2.04. The molecule has 0 radical (unpaired) electrons. The van der Waals surface area contributed by atoms with Gasteiger partial charge >= 0.3 is 5.97 Å². The van der Waals surface area contributed by atoms with Crippen LogP contribution in [0.3, 0.4) is 0 Å². The van der Waals surface area contributed by atoms with Gasteiger partial charge in [-0.25, -0.2) is 0 Å². The van der Waals surface area contributed by atoms with Gasteiger partial charge in [0.2, 0.25) is 0 Å². The van der Waals surface area contributed by atoms with E-state index in [1.807, 2.05) is 0 Å². The van der Waals surface area contributed by atoms with Crippen LogP contribution in [0.15, 0.2) is 0 Å². The van der Waals surface area contributed by atoms with Crippen molar-refractivity contribution in [1.82, 2.24) is 0 Å². The second-order valence-electron chi connectivity index (χ2n) is 8.16. The average molecular weight is 294 g/mol. The van der Waals surface area contributed by atoms with Crippen LogP contribution in [0.4, 0.5) is 0 Å². The van der Waals surface area contributed by atoms with E-state index in [-0.39, 0.29) is 22.9 Å². The maximum absolute atomic E-state index is 12.6. The molecule has 4 atom stereocenters. The largest absolute Gasteiger partial charge is 0.469 e. The molecule has 0 aromatic carbocycles. The van der Waals surface area contributed by atoms with Gasteiger partial charge in [0.15, 0.2) is 0 Å². The third-order valence-electron chi connectivity index (χ3n) is 6.52. The number of hydrogen-bond donors (Lipinski definition) is 0. The van der Waals surface area contributed by atoms with E-state index in [1.165, 1.54) is 7.11 Å². The number of aldehydes is 1. The minimum absolute atomic E-state index is 0.0881. The number of rotatable bonds is 3. The fourth-order valence-electron chi connectivity index (χ4n) is 5.11. The molecule has 2 aliphatic carbocycles. The number of fused-ring (bicyclic) bond motifs is 3. The minimum Gasteiger partial charge on any atom is -0.469 e. The molecule has 3 aliphatic rings. The standard InChI is InChI=1S/C17H26O4/c1-14(2)5-7-16(13(19)20-4)8-6-15(3)17(21-15,9-10-18)12(16)11-14/h10,12H,5-9,11H2,1-4H3/t12-,15+,16+,17-/m1/s1. The topological polar surface area (TPSA) is 55.9 Å². The van der Waals surface area contributed by atoms with Gasteiger partial charge in [0.25, 0.3) is 0 Å². The molecule has 3 rings (SSSR count). The molecule has 1 saturated heterocycles. The first-order chi connectivity index (χ1) is 9.75. The number of esters is 1. The Morgan fingerprint density at radius 1 is 1.24 bits per heavy atom. The molecule has 3 fully saturated rings. The third-order valence-corrected chi connectivity index (χ3v) is 6.52. The molecule has 0 bridgehead atoms. The number of epoxide rings is 1. The SMILES string of the molecule is COC(=O)[C@]12CCC(C)(C)C[C@H]1[C@@]1(CC=O)O[C@@]1(C)CC2. The Hall–Kier alpha value is -0.900. The first-order valence-corrected chi connectivity index (χ1v) is 7.98. The summed E-state index contributed by atoms with van der Waals surface area (Å²) < 4.78 is 11.3. The van der Waals surface area contributed by atoms with Crippen LogP contribution in [-0.4, -0.2) is 30.6 Å². The Morgan fingerprint density at radius 2 is 1.90 bits per heavy atom. The van der Waals surface area contributed by atoms with Gasteiger partial charge in [0.1, 0.15) is 11.9 Å². The van der Waals surface area contributed by atoms with Crippen LogP contribution in [0.5, 0.6) is 0 Å². The molecule has 0 aromatic heterocycles. The lowest BCUT2D eigenvalue weighted by Crippen LogP contribution is -2.56. The molecule has 1 heterocycles. The molecule has 2 saturated carbocycles. The third kappa shape index (κ3) is 1.84. The fraction of sp³-hybridized carbons (Fsp3) is 0.882. The van der Waals surface area contributed by atoms with Gasteiger partial charge < -0.3 is 14.3 Å². The van der Waals surface area contributed by atoms with Crippen LogP contribution < -0.4 is 0 Å². The lowest BCUT2D eigenvalue weighted by Gasteiger charge is -2.52. The number of hydrogen-bond acceptors (Lipinski definition) is 4. The van der Waals surface area contributed by atoms with Crippen molar-refractivity contribution in [3.63, 3.8) is 0 Å². The lowest BCUT2D eigenvalue weighted by molar-refractivity contribution is -0.168. The highest BCUT2D eigenvalue weighted by Crippen LogP contribution is 2.71. The fourth-order valence-corrected chi connectivity index (χ4v) is 5.11. The Labute approximate surface area is 126 Å². The molecule has 4 nitrogen and oxygen atoms in total. The smallest absolute Gasteiger partial charge is 0.312 e. The van der Waals surface area contributed by atoms with Gasteiger partial charge in [0, 0.05) is 12.3 Å². The maximum atomic E-state index is 12.6. The highest BCUT2D eigenvalue weighted by Gasteiger charge is 2.78. The van der Waals surface area contributed by atoms with Crippen molar-refractivity contribution in [3.05, 3.63) is 0 Å². The highest BCUT2D eigenvalue weighted by atomic mass is 16.6. The van der Waals surface area contributed by atoms with E-state index in [1.54, 1.807) is 0 Å². The highest BCUT2D eigenvalue weighted by molar-refractivity contribution is 5.78. The maximum Gasteiger partial charge on any atom is 0.312 e. The van der Waals surface area contributed by atoms with E-state index in [9.17, 15) is 9.59 Å². The summed E-state index contributed by atoms with van der Waals surface area (Å²) in [5, 5.41) is 0. The van der Waals surface area contributed by atoms with Crippen molar-refractivity contribution in [2.45, 2.75) is 70.5 Å². The number of ether oxygens (including phenoxy) is 2. The predicted octanol–water partition coefficient (Wildman–Crippen LogP) is 2.88. The normalized spacial score (nSPS) is 47.0. The second kappa shape index (κ2) is 4.31. The van der Waals surface area contributed by atoms with Crippen molar-refractivity contribution in [3.8, 4) is 0 Å². The zero-order valence-corrected chi connectivity index (χ0v) is 13.5. The van der Waals surface area contributed by atoms with E-state index in [4.69, 9.17) is 9.47 Å². The van der Waals surface area contributed by atoms with E-state index >= 15 is 0 Å². The van der Waals surface area contributed by atoms with Gasteiger partial charge in [0.05, 0.1) is 18.1 Å². The molecule has 21 heavy (non-hydrogen) atoms. The molecule has 0 N–H and O–H groups in total. The molecule has 4 heteroatoms.